The number of halogens is 2. The summed E-state index contributed by atoms with van der Waals surface area (Å²) in [6.07, 6.45) is 1.39. The molecule has 4 rings (SSSR count). The van der Waals surface area contributed by atoms with Crippen LogP contribution in [0.3, 0.4) is 0 Å². The Hall–Kier alpha value is -1.77. The highest BCUT2D eigenvalue weighted by Crippen LogP contribution is 2.33. The molecule has 142 valence electrons. The summed E-state index contributed by atoms with van der Waals surface area (Å²) >= 11 is 4.52. The number of benzene rings is 1. The number of aromatic nitrogens is 2. The molecule has 1 fully saturated rings. The van der Waals surface area contributed by atoms with Crippen molar-refractivity contribution >= 4 is 43.6 Å². The first-order chi connectivity index (χ1) is 12.8. The number of nitrogens with zero attached hydrogens (tertiary/aromatic N) is 2. The number of rotatable bonds is 5. The molecule has 3 heterocycles. The van der Waals surface area contributed by atoms with Crippen molar-refractivity contribution in [1.82, 2.24) is 9.55 Å². The summed E-state index contributed by atoms with van der Waals surface area (Å²) in [4.78, 5) is 17.1. The second-order valence-electron chi connectivity index (χ2n) is 6.80. The Morgan fingerprint density at radius 2 is 2.22 bits per heavy atom. The van der Waals surface area contributed by atoms with Crippen LogP contribution < -0.4 is 0 Å². The molecule has 0 spiro atoms. The first kappa shape index (κ1) is 18.6. The van der Waals surface area contributed by atoms with Crippen molar-refractivity contribution in [2.75, 3.05) is 6.61 Å². The van der Waals surface area contributed by atoms with E-state index in [0.29, 0.717) is 33.8 Å². The lowest BCUT2D eigenvalue weighted by Gasteiger charge is -2.27. The second kappa shape index (κ2) is 7.00. The van der Waals surface area contributed by atoms with Crippen LogP contribution in [-0.2, 0) is 17.7 Å². The van der Waals surface area contributed by atoms with Crippen molar-refractivity contribution in [2.24, 2.45) is 0 Å². The number of carboxylic acid groups (broad SMARTS) is 1. The molecular formula is C19H18BrFN2O3S. The molecule has 1 atom stereocenters. The number of thiophene rings is 1. The lowest BCUT2D eigenvalue weighted by molar-refractivity contribution is -0.0589. The Labute approximate surface area is 167 Å². The Balaban J connectivity index is 1.80. The Morgan fingerprint density at radius 1 is 1.48 bits per heavy atom. The summed E-state index contributed by atoms with van der Waals surface area (Å²) in [5, 5.41) is 9.41. The summed E-state index contributed by atoms with van der Waals surface area (Å²) in [5.74, 6) is -0.501. The maximum Gasteiger partial charge on any atom is 0.346 e. The zero-order valence-electron chi connectivity index (χ0n) is 14.9. The van der Waals surface area contributed by atoms with Crippen molar-refractivity contribution < 1.29 is 19.0 Å². The van der Waals surface area contributed by atoms with Gasteiger partial charge >= 0.3 is 5.97 Å². The van der Waals surface area contributed by atoms with Gasteiger partial charge < -0.3 is 14.4 Å². The number of fused-ring (bicyclic) bond motifs is 1. The SMILES string of the molecule is Cc1cc(Cc2nc3sc(C(=O)O)c(C)c3n2CC2CCO2)c(F)cc1Br. The van der Waals surface area contributed by atoms with E-state index in [1.807, 2.05) is 17.6 Å². The molecule has 8 heteroatoms. The summed E-state index contributed by atoms with van der Waals surface area (Å²) in [5.41, 5.74) is 3.04. The Kier molecular flexibility index (Phi) is 4.82. The van der Waals surface area contributed by atoms with Crippen molar-refractivity contribution in [3.05, 3.63) is 49.8 Å². The first-order valence-corrected chi connectivity index (χ1v) is 10.2. The van der Waals surface area contributed by atoms with Crippen LogP contribution in [0, 0.1) is 19.7 Å². The summed E-state index contributed by atoms with van der Waals surface area (Å²) in [6, 6.07) is 3.30. The van der Waals surface area contributed by atoms with Crippen LogP contribution in [0.4, 0.5) is 4.39 Å². The predicted molar refractivity (Wildman–Crippen MR) is 105 cm³/mol. The Bertz CT molecular complexity index is 1060. The second-order valence-corrected chi connectivity index (χ2v) is 8.66. The van der Waals surface area contributed by atoms with E-state index in [1.54, 1.807) is 6.92 Å². The van der Waals surface area contributed by atoms with Gasteiger partial charge in [-0.2, -0.15) is 0 Å². The third-order valence-corrected chi connectivity index (χ3v) is 6.98. The predicted octanol–water partition coefficient (Wildman–Crippen LogP) is 4.69. The van der Waals surface area contributed by atoms with Gasteiger partial charge in [-0.25, -0.2) is 14.2 Å². The molecule has 5 nitrogen and oxygen atoms in total. The van der Waals surface area contributed by atoms with Crippen LogP contribution in [0.25, 0.3) is 10.3 Å². The zero-order chi connectivity index (χ0) is 19.3. The van der Waals surface area contributed by atoms with E-state index in [4.69, 9.17) is 4.74 Å². The molecule has 1 N–H and O–H groups in total. The smallest absolute Gasteiger partial charge is 0.346 e. The number of hydrogen-bond acceptors (Lipinski definition) is 4. The fourth-order valence-corrected chi connectivity index (χ4v) is 4.74. The molecule has 1 aliphatic heterocycles. The quantitative estimate of drug-likeness (QED) is 0.609. The van der Waals surface area contributed by atoms with Gasteiger partial charge in [-0.05, 0) is 37.5 Å². The minimum atomic E-state index is -0.946. The standard InChI is InChI=1S/C19H18BrFN2O3S/c1-9-5-11(14(21)7-13(9)20)6-15-22-18-16(10(2)17(27-18)19(24)25)23(15)8-12-3-4-26-12/h5,7,12H,3-4,6,8H2,1-2H3,(H,24,25). The third kappa shape index (κ3) is 3.30. The maximum absolute atomic E-state index is 14.5. The van der Waals surface area contributed by atoms with Gasteiger partial charge in [-0.3, -0.25) is 0 Å². The van der Waals surface area contributed by atoms with Crippen LogP contribution in [0.1, 0.15) is 38.6 Å². The van der Waals surface area contributed by atoms with Gasteiger partial charge in [0.1, 0.15) is 21.3 Å². The van der Waals surface area contributed by atoms with Crippen LogP contribution in [0.15, 0.2) is 16.6 Å². The van der Waals surface area contributed by atoms with Crippen molar-refractivity contribution in [2.45, 2.75) is 39.3 Å². The van der Waals surface area contributed by atoms with Crippen molar-refractivity contribution in [3.8, 4) is 0 Å². The minimum absolute atomic E-state index is 0.0882. The van der Waals surface area contributed by atoms with E-state index in [-0.39, 0.29) is 11.9 Å². The highest BCUT2D eigenvalue weighted by Gasteiger charge is 2.26. The lowest BCUT2D eigenvalue weighted by atomic mass is 10.1. The Morgan fingerprint density at radius 3 is 2.85 bits per heavy atom. The number of hydrogen-bond donors (Lipinski definition) is 1. The fourth-order valence-electron chi connectivity index (χ4n) is 3.38. The van der Waals surface area contributed by atoms with Crippen LogP contribution in [-0.4, -0.2) is 33.3 Å². The zero-order valence-corrected chi connectivity index (χ0v) is 17.3. The van der Waals surface area contributed by atoms with E-state index >= 15 is 0 Å². The molecule has 0 saturated carbocycles. The fraction of sp³-hybridized carbons (Fsp3) is 0.368. The number of carboxylic acids is 1. The van der Waals surface area contributed by atoms with E-state index in [1.165, 1.54) is 17.4 Å². The molecule has 1 aromatic carbocycles. The average molecular weight is 453 g/mol. The summed E-state index contributed by atoms with van der Waals surface area (Å²) in [6.45, 7) is 5.06. The lowest BCUT2D eigenvalue weighted by Crippen LogP contribution is -2.31. The topological polar surface area (TPSA) is 64.3 Å². The molecular weight excluding hydrogens is 435 g/mol. The van der Waals surface area contributed by atoms with Crippen LogP contribution >= 0.6 is 27.3 Å². The molecule has 1 saturated heterocycles. The van der Waals surface area contributed by atoms with Crippen LogP contribution in [0.2, 0.25) is 0 Å². The van der Waals surface area contributed by atoms with Gasteiger partial charge in [0, 0.05) is 23.1 Å². The van der Waals surface area contributed by atoms with Gasteiger partial charge in [0.25, 0.3) is 0 Å². The normalized spacial score (nSPS) is 16.7. The third-order valence-electron chi connectivity index (χ3n) is 4.96. The molecule has 1 aliphatic rings. The molecule has 0 radical (unpaired) electrons. The van der Waals surface area contributed by atoms with Gasteiger partial charge in [-0.1, -0.05) is 22.0 Å². The van der Waals surface area contributed by atoms with E-state index in [9.17, 15) is 14.3 Å². The molecule has 0 amide bonds. The maximum atomic E-state index is 14.5. The summed E-state index contributed by atoms with van der Waals surface area (Å²) < 4.78 is 22.8. The number of aryl methyl sites for hydroxylation is 2. The van der Waals surface area contributed by atoms with Crippen molar-refractivity contribution in [3.63, 3.8) is 0 Å². The molecule has 1 unspecified atom stereocenters. The number of imidazole rings is 1. The van der Waals surface area contributed by atoms with Crippen LogP contribution in [0.5, 0.6) is 0 Å². The minimum Gasteiger partial charge on any atom is -0.477 e. The molecule has 3 aromatic rings. The van der Waals surface area contributed by atoms with E-state index in [2.05, 4.69) is 20.9 Å². The van der Waals surface area contributed by atoms with Gasteiger partial charge in [-0.15, -0.1) is 11.3 Å². The molecule has 27 heavy (non-hydrogen) atoms. The first-order valence-electron chi connectivity index (χ1n) is 8.63. The van der Waals surface area contributed by atoms with Gasteiger partial charge in [0.05, 0.1) is 18.2 Å². The highest BCUT2D eigenvalue weighted by atomic mass is 79.9. The molecule has 2 aromatic heterocycles. The highest BCUT2D eigenvalue weighted by molar-refractivity contribution is 9.10. The molecule has 0 aliphatic carbocycles. The monoisotopic (exact) mass is 452 g/mol. The van der Waals surface area contributed by atoms with Crippen molar-refractivity contribution in [1.29, 1.82) is 0 Å². The number of carbonyl (C=O) groups is 1. The molecule has 0 bridgehead atoms. The van der Waals surface area contributed by atoms with Gasteiger partial charge in [0.2, 0.25) is 0 Å². The van der Waals surface area contributed by atoms with E-state index < -0.39 is 5.97 Å². The average Bonchev–Trinajstić information content (AvgIpc) is 3.05. The number of aromatic carboxylic acids is 1. The summed E-state index contributed by atoms with van der Waals surface area (Å²) in [7, 11) is 0. The van der Waals surface area contributed by atoms with E-state index in [0.717, 1.165) is 34.4 Å². The van der Waals surface area contributed by atoms with Gasteiger partial charge in [0.15, 0.2) is 0 Å². The number of ether oxygens (including phenoxy) is 1. The largest absolute Gasteiger partial charge is 0.477 e.